The van der Waals surface area contributed by atoms with Crippen molar-refractivity contribution in [2.75, 3.05) is 0 Å². The van der Waals surface area contributed by atoms with E-state index in [0.717, 1.165) is 5.56 Å². The van der Waals surface area contributed by atoms with E-state index in [4.69, 9.17) is 9.52 Å². The first kappa shape index (κ1) is 8.26. The quantitative estimate of drug-likeness (QED) is 0.730. The van der Waals surface area contributed by atoms with Gasteiger partial charge in [-0.15, -0.1) is 0 Å². The van der Waals surface area contributed by atoms with Crippen molar-refractivity contribution < 1.29 is 13.9 Å². The molecule has 1 aromatic heterocycles. The third kappa shape index (κ3) is 1.21. The Bertz CT molecular complexity index is 406. The molecule has 0 aliphatic rings. The fourth-order valence-electron chi connectivity index (χ4n) is 1.35. The molecule has 0 amide bonds. The predicted octanol–water partition coefficient (Wildman–Crippen LogP) is 2.37. The average molecular weight is 180 g/mol. The summed E-state index contributed by atoms with van der Waals surface area (Å²) in [7, 11) is 0. The maximum Gasteiger partial charge on any atom is 0.140 e. The molecular formula is C10H9FO2. The lowest BCUT2D eigenvalue weighted by Crippen LogP contribution is -1.77. The van der Waals surface area contributed by atoms with E-state index in [1.165, 1.54) is 12.1 Å². The van der Waals surface area contributed by atoms with Crippen LogP contribution in [0.25, 0.3) is 11.0 Å². The van der Waals surface area contributed by atoms with Gasteiger partial charge in [-0.25, -0.2) is 4.39 Å². The fourth-order valence-corrected chi connectivity index (χ4v) is 1.35. The highest BCUT2D eigenvalue weighted by molar-refractivity contribution is 5.81. The molecule has 1 aromatic carbocycles. The van der Waals surface area contributed by atoms with Crippen molar-refractivity contribution in [2.45, 2.75) is 13.5 Å². The minimum atomic E-state index is -0.316. The summed E-state index contributed by atoms with van der Waals surface area (Å²) in [6.07, 6.45) is 0. The van der Waals surface area contributed by atoms with Crippen LogP contribution in [0, 0.1) is 12.7 Å². The standard InChI is InChI=1S/C10H9FO2/c1-6-2-3-9(11)8-4-7(5-12)13-10(6)8/h2-4,12H,5H2,1H3. The zero-order valence-electron chi connectivity index (χ0n) is 7.17. The molecule has 1 N–H and O–H groups in total. The number of halogens is 1. The summed E-state index contributed by atoms with van der Waals surface area (Å²) >= 11 is 0. The van der Waals surface area contributed by atoms with Crippen molar-refractivity contribution in [3.8, 4) is 0 Å². The normalized spacial score (nSPS) is 11.0. The number of aliphatic hydroxyl groups is 1. The number of rotatable bonds is 1. The smallest absolute Gasteiger partial charge is 0.140 e. The number of benzene rings is 1. The van der Waals surface area contributed by atoms with Gasteiger partial charge < -0.3 is 9.52 Å². The second-order valence-corrected chi connectivity index (χ2v) is 2.98. The third-order valence-electron chi connectivity index (χ3n) is 2.03. The van der Waals surface area contributed by atoms with Crippen molar-refractivity contribution in [2.24, 2.45) is 0 Å². The summed E-state index contributed by atoms with van der Waals surface area (Å²) in [5.41, 5.74) is 1.39. The van der Waals surface area contributed by atoms with Crippen LogP contribution < -0.4 is 0 Å². The lowest BCUT2D eigenvalue weighted by atomic mass is 10.1. The van der Waals surface area contributed by atoms with Gasteiger partial charge in [0.15, 0.2) is 0 Å². The molecular weight excluding hydrogens is 171 g/mol. The molecule has 0 fully saturated rings. The van der Waals surface area contributed by atoms with E-state index in [0.29, 0.717) is 16.7 Å². The SMILES string of the molecule is Cc1ccc(F)c2cc(CO)oc12. The molecule has 0 aliphatic carbocycles. The Hall–Kier alpha value is -1.35. The zero-order valence-corrected chi connectivity index (χ0v) is 7.17. The Kier molecular flexibility index (Phi) is 1.81. The molecule has 0 atom stereocenters. The highest BCUT2D eigenvalue weighted by Crippen LogP contribution is 2.25. The van der Waals surface area contributed by atoms with Crippen molar-refractivity contribution in [3.05, 3.63) is 35.3 Å². The summed E-state index contributed by atoms with van der Waals surface area (Å²) in [5.74, 6) is 0.0762. The van der Waals surface area contributed by atoms with Crippen LogP contribution in [-0.4, -0.2) is 5.11 Å². The first-order valence-electron chi connectivity index (χ1n) is 4.01. The van der Waals surface area contributed by atoms with E-state index < -0.39 is 0 Å². The molecule has 3 heteroatoms. The Morgan fingerprint density at radius 2 is 2.23 bits per heavy atom. The zero-order chi connectivity index (χ0) is 9.42. The van der Waals surface area contributed by atoms with E-state index in [2.05, 4.69) is 0 Å². The molecule has 0 spiro atoms. The van der Waals surface area contributed by atoms with Gasteiger partial charge >= 0.3 is 0 Å². The Balaban J connectivity index is 2.80. The molecule has 0 saturated heterocycles. The lowest BCUT2D eigenvalue weighted by Gasteiger charge is -1.94. The second kappa shape index (κ2) is 2.85. The van der Waals surface area contributed by atoms with Gasteiger partial charge in [0.1, 0.15) is 23.8 Å². The minimum absolute atomic E-state index is 0.201. The van der Waals surface area contributed by atoms with Gasteiger partial charge in [-0.05, 0) is 24.6 Å². The fraction of sp³-hybridized carbons (Fsp3) is 0.200. The minimum Gasteiger partial charge on any atom is -0.458 e. The van der Waals surface area contributed by atoms with Gasteiger partial charge in [0.05, 0.1) is 5.39 Å². The maximum atomic E-state index is 13.2. The molecule has 2 aromatic rings. The lowest BCUT2D eigenvalue weighted by molar-refractivity contribution is 0.251. The predicted molar refractivity (Wildman–Crippen MR) is 46.8 cm³/mol. The van der Waals surface area contributed by atoms with E-state index in [9.17, 15) is 4.39 Å². The first-order valence-corrected chi connectivity index (χ1v) is 4.01. The van der Waals surface area contributed by atoms with Crippen LogP contribution in [-0.2, 0) is 6.61 Å². The molecule has 0 saturated carbocycles. The van der Waals surface area contributed by atoms with Crippen molar-refractivity contribution in [3.63, 3.8) is 0 Å². The number of furan rings is 1. The number of hydrogen-bond donors (Lipinski definition) is 1. The Morgan fingerprint density at radius 1 is 1.46 bits per heavy atom. The van der Waals surface area contributed by atoms with Gasteiger partial charge in [0.2, 0.25) is 0 Å². The summed E-state index contributed by atoms with van der Waals surface area (Å²) in [5, 5.41) is 9.24. The van der Waals surface area contributed by atoms with Crippen LogP contribution in [0.3, 0.4) is 0 Å². The van der Waals surface area contributed by atoms with Crippen LogP contribution in [0.15, 0.2) is 22.6 Å². The van der Waals surface area contributed by atoms with Crippen molar-refractivity contribution >= 4 is 11.0 Å². The van der Waals surface area contributed by atoms with Crippen molar-refractivity contribution in [1.29, 1.82) is 0 Å². The summed E-state index contributed by atoms with van der Waals surface area (Å²) < 4.78 is 18.4. The van der Waals surface area contributed by atoms with Crippen LogP contribution in [0.2, 0.25) is 0 Å². The topological polar surface area (TPSA) is 33.4 Å². The van der Waals surface area contributed by atoms with E-state index in [-0.39, 0.29) is 12.4 Å². The highest BCUT2D eigenvalue weighted by Gasteiger charge is 2.09. The summed E-state index contributed by atoms with van der Waals surface area (Å²) in [4.78, 5) is 0. The largest absolute Gasteiger partial charge is 0.458 e. The molecule has 0 aliphatic heterocycles. The van der Waals surface area contributed by atoms with Gasteiger partial charge in [-0.3, -0.25) is 0 Å². The number of aryl methyl sites for hydroxylation is 1. The van der Waals surface area contributed by atoms with Crippen molar-refractivity contribution in [1.82, 2.24) is 0 Å². The van der Waals surface area contributed by atoms with Gasteiger partial charge in [0.25, 0.3) is 0 Å². The van der Waals surface area contributed by atoms with Crippen LogP contribution in [0.5, 0.6) is 0 Å². The van der Waals surface area contributed by atoms with Gasteiger partial charge in [-0.1, -0.05) is 6.07 Å². The van der Waals surface area contributed by atoms with E-state index in [1.807, 2.05) is 6.92 Å². The molecule has 1 heterocycles. The molecule has 13 heavy (non-hydrogen) atoms. The average Bonchev–Trinajstić information content (AvgIpc) is 2.56. The first-order chi connectivity index (χ1) is 6.22. The maximum absolute atomic E-state index is 13.2. The van der Waals surface area contributed by atoms with Crippen LogP contribution >= 0.6 is 0 Å². The second-order valence-electron chi connectivity index (χ2n) is 2.98. The molecule has 2 rings (SSSR count). The number of fused-ring (bicyclic) bond motifs is 1. The van der Waals surface area contributed by atoms with Gasteiger partial charge in [-0.2, -0.15) is 0 Å². The molecule has 68 valence electrons. The third-order valence-corrected chi connectivity index (χ3v) is 2.03. The Labute approximate surface area is 74.6 Å². The molecule has 0 unspecified atom stereocenters. The summed E-state index contributed by atoms with van der Waals surface area (Å²) in [6, 6.07) is 4.58. The van der Waals surface area contributed by atoms with Gasteiger partial charge in [0, 0.05) is 0 Å². The number of aliphatic hydroxyl groups excluding tert-OH is 1. The number of hydrogen-bond acceptors (Lipinski definition) is 2. The monoisotopic (exact) mass is 180 g/mol. The highest BCUT2D eigenvalue weighted by atomic mass is 19.1. The van der Waals surface area contributed by atoms with E-state index >= 15 is 0 Å². The molecule has 2 nitrogen and oxygen atoms in total. The van der Waals surface area contributed by atoms with Crippen LogP contribution in [0.4, 0.5) is 4.39 Å². The van der Waals surface area contributed by atoms with E-state index in [1.54, 1.807) is 6.07 Å². The Morgan fingerprint density at radius 3 is 2.85 bits per heavy atom. The van der Waals surface area contributed by atoms with Crippen LogP contribution in [0.1, 0.15) is 11.3 Å². The molecule has 0 bridgehead atoms. The molecule has 0 radical (unpaired) electrons. The summed E-state index contributed by atoms with van der Waals surface area (Å²) in [6.45, 7) is 1.64.